The zero-order chi connectivity index (χ0) is 25.8. The molecule has 1 aromatic heterocycles. The normalized spacial score (nSPS) is 10.7. The summed E-state index contributed by atoms with van der Waals surface area (Å²) in [5.41, 5.74) is 16.2. The van der Waals surface area contributed by atoms with E-state index in [0.29, 0.717) is 0 Å². The van der Waals surface area contributed by atoms with Crippen LogP contribution in [-0.2, 0) is 0 Å². The van der Waals surface area contributed by atoms with Gasteiger partial charge in [0.15, 0.2) is 0 Å². The van der Waals surface area contributed by atoms with Crippen molar-refractivity contribution >= 4 is 28.2 Å². The van der Waals surface area contributed by atoms with Gasteiger partial charge in [0, 0.05) is 0 Å². The van der Waals surface area contributed by atoms with E-state index in [1.807, 2.05) is 30.3 Å². The lowest BCUT2D eigenvalue weighted by atomic mass is 9.85. The van der Waals surface area contributed by atoms with E-state index in [1.165, 1.54) is 0 Å². The predicted molar refractivity (Wildman–Crippen MR) is 156 cm³/mol. The van der Waals surface area contributed by atoms with Crippen molar-refractivity contribution < 1.29 is 9.47 Å². The average molecular weight is 504 g/mol. The Labute approximate surface area is 222 Å². The molecular weight excluding hydrogens is 474 g/mol. The number of nitrogens with two attached hydrogens (primary N) is 1. The highest BCUT2D eigenvalue weighted by Gasteiger charge is 2.17. The van der Waals surface area contributed by atoms with Gasteiger partial charge in [0.25, 0.3) is 0 Å². The summed E-state index contributed by atoms with van der Waals surface area (Å²) in [5, 5.41) is 2.11. The van der Waals surface area contributed by atoms with Crippen molar-refractivity contribution in [2.45, 2.75) is 6.92 Å². The Hall–Kier alpha value is -4.28. The molecule has 0 atom stereocenters. The lowest BCUT2D eigenvalue weighted by Crippen LogP contribution is -1.98. The van der Waals surface area contributed by atoms with Crippen LogP contribution in [0.3, 0.4) is 0 Å². The Bertz CT molecular complexity index is 1470. The highest BCUT2D eigenvalue weighted by atomic mass is 32.1. The molecule has 4 heteroatoms. The monoisotopic (exact) mass is 503 g/mol. The fourth-order valence-electron chi connectivity index (χ4n) is 4.50. The number of ether oxygens (including phenoxy) is 2. The summed E-state index contributed by atoms with van der Waals surface area (Å²) in [6, 6.07) is 35.7. The summed E-state index contributed by atoms with van der Waals surface area (Å²) >= 11 is 1.69. The first-order valence-electron chi connectivity index (χ1n) is 12.1. The Balaban J connectivity index is 1.75. The van der Waals surface area contributed by atoms with Gasteiger partial charge in [-0.2, -0.15) is 0 Å². The number of nitrogen functional groups attached to an aromatic ring is 1. The maximum atomic E-state index is 6.35. The van der Waals surface area contributed by atoms with E-state index in [1.54, 1.807) is 25.6 Å². The van der Waals surface area contributed by atoms with E-state index in [9.17, 15) is 0 Å². The molecule has 0 amide bonds. The zero-order valence-corrected chi connectivity index (χ0v) is 22.0. The van der Waals surface area contributed by atoms with Crippen molar-refractivity contribution in [1.82, 2.24) is 0 Å². The molecule has 1 heterocycles. The highest BCUT2D eigenvalue weighted by molar-refractivity contribution is 7.14. The third kappa shape index (κ3) is 5.02. The first-order valence-corrected chi connectivity index (χ1v) is 13.0. The molecule has 0 saturated carbocycles. The molecule has 0 saturated heterocycles. The quantitative estimate of drug-likeness (QED) is 0.227. The predicted octanol–water partition coefficient (Wildman–Crippen LogP) is 8.33. The number of rotatable bonds is 7. The fourth-order valence-corrected chi connectivity index (χ4v) is 5.48. The van der Waals surface area contributed by atoms with Crippen LogP contribution in [0, 0.1) is 6.92 Å². The molecular formula is C33H29NO2S. The fraction of sp³-hybridized carbons (Fsp3) is 0.0909. The van der Waals surface area contributed by atoms with Crippen molar-refractivity contribution in [2.75, 3.05) is 20.0 Å². The number of anilines is 1. The Kier molecular flexibility index (Phi) is 7.11. The Morgan fingerprint density at radius 1 is 0.595 bits per heavy atom. The lowest BCUT2D eigenvalue weighted by molar-refractivity contribution is 0.414. The van der Waals surface area contributed by atoms with E-state index < -0.39 is 0 Å². The molecule has 4 aromatic carbocycles. The molecule has 5 aromatic rings. The number of thiophene rings is 1. The molecule has 3 nitrogen and oxygen atoms in total. The third-order valence-electron chi connectivity index (χ3n) is 6.53. The van der Waals surface area contributed by atoms with Crippen LogP contribution in [0.5, 0.6) is 11.5 Å². The van der Waals surface area contributed by atoms with Gasteiger partial charge >= 0.3 is 0 Å². The van der Waals surface area contributed by atoms with Crippen LogP contribution in [-0.4, -0.2) is 14.2 Å². The molecule has 37 heavy (non-hydrogen) atoms. The Morgan fingerprint density at radius 3 is 1.43 bits per heavy atom. The maximum absolute atomic E-state index is 6.35. The number of methoxy groups -OCH3 is 2. The van der Waals surface area contributed by atoms with E-state index in [4.69, 9.17) is 15.2 Å². The van der Waals surface area contributed by atoms with Crippen LogP contribution >= 0.6 is 11.3 Å². The minimum Gasteiger partial charge on any atom is -0.497 e. The molecule has 0 unspecified atom stereocenters. The van der Waals surface area contributed by atoms with E-state index in [-0.39, 0.29) is 0 Å². The van der Waals surface area contributed by atoms with E-state index in [0.717, 1.165) is 66.6 Å². The standard InChI is InChI=1S/C33H29NO2S/c1-22-21-37-33(32(22)34)27-11-9-24(10-12-27)30(23-7-5-4-6-8-23)31(25-13-17-28(35-2)18-14-25)26-15-19-29(36-3)20-16-26/h4-21H,34H2,1-3H3. The highest BCUT2D eigenvalue weighted by Crippen LogP contribution is 2.40. The second-order valence-corrected chi connectivity index (χ2v) is 9.69. The topological polar surface area (TPSA) is 44.5 Å². The lowest BCUT2D eigenvalue weighted by Gasteiger charge is -2.19. The maximum Gasteiger partial charge on any atom is 0.118 e. The number of benzene rings is 4. The molecule has 0 radical (unpaired) electrons. The molecule has 0 bridgehead atoms. The minimum atomic E-state index is 0.826. The largest absolute Gasteiger partial charge is 0.497 e. The van der Waals surface area contributed by atoms with Crippen molar-refractivity contribution in [3.05, 3.63) is 136 Å². The molecule has 2 N–H and O–H groups in total. The molecule has 0 fully saturated rings. The van der Waals surface area contributed by atoms with Crippen LogP contribution in [0.4, 0.5) is 5.69 Å². The first kappa shape index (κ1) is 24.4. The summed E-state index contributed by atoms with van der Waals surface area (Å²) < 4.78 is 10.9. The summed E-state index contributed by atoms with van der Waals surface area (Å²) in [6.45, 7) is 2.05. The van der Waals surface area contributed by atoms with Gasteiger partial charge in [-0.1, -0.05) is 78.9 Å². The van der Waals surface area contributed by atoms with Crippen LogP contribution in [0.15, 0.2) is 109 Å². The van der Waals surface area contributed by atoms with Crippen molar-refractivity contribution in [1.29, 1.82) is 0 Å². The molecule has 184 valence electrons. The first-order chi connectivity index (χ1) is 18.1. The van der Waals surface area contributed by atoms with Crippen LogP contribution in [0.1, 0.15) is 27.8 Å². The summed E-state index contributed by atoms with van der Waals surface area (Å²) in [4.78, 5) is 1.11. The van der Waals surface area contributed by atoms with Crippen molar-refractivity contribution in [3.8, 4) is 21.9 Å². The van der Waals surface area contributed by atoms with Gasteiger partial charge in [0.2, 0.25) is 0 Å². The SMILES string of the molecule is COc1ccc(C(=C(c2ccccc2)c2ccc(-c3scc(C)c3N)cc2)c2ccc(OC)cc2)cc1. The van der Waals surface area contributed by atoms with E-state index in [2.05, 4.69) is 85.1 Å². The molecule has 0 aliphatic rings. The summed E-state index contributed by atoms with van der Waals surface area (Å²) in [5.74, 6) is 1.65. The van der Waals surface area contributed by atoms with Crippen LogP contribution in [0.25, 0.3) is 21.6 Å². The van der Waals surface area contributed by atoms with Gasteiger partial charge in [-0.3, -0.25) is 0 Å². The van der Waals surface area contributed by atoms with Crippen molar-refractivity contribution in [2.24, 2.45) is 0 Å². The number of hydrogen-bond acceptors (Lipinski definition) is 4. The Morgan fingerprint density at radius 2 is 1.03 bits per heavy atom. The van der Waals surface area contributed by atoms with Gasteiger partial charge in [0.1, 0.15) is 11.5 Å². The van der Waals surface area contributed by atoms with Crippen LogP contribution < -0.4 is 15.2 Å². The van der Waals surface area contributed by atoms with Gasteiger partial charge in [0.05, 0.1) is 24.8 Å². The molecule has 0 spiro atoms. The van der Waals surface area contributed by atoms with Crippen LogP contribution in [0.2, 0.25) is 0 Å². The number of hydrogen-bond donors (Lipinski definition) is 1. The second-order valence-electron chi connectivity index (χ2n) is 8.81. The summed E-state index contributed by atoms with van der Waals surface area (Å²) in [7, 11) is 3.38. The molecule has 0 aliphatic heterocycles. The van der Waals surface area contributed by atoms with Crippen molar-refractivity contribution in [3.63, 3.8) is 0 Å². The van der Waals surface area contributed by atoms with Gasteiger partial charge in [-0.15, -0.1) is 11.3 Å². The van der Waals surface area contributed by atoms with Gasteiger partial charge in [-0.25, -0.2) is 0 Å². The van der Waals surface area contributed by atoms with Gasteiger partial charge < -0.3 is 15.2 Å². The van der Waals surface area contributed by atoms with Gasteiger partial charge in [-0.05, 0) is 81.1 Å². The smallest absolute Gasteiger partial charge is 0.118 e. The number of aryl methyl sites for hydroxylation is 1. The zero-order valence-electron chi connectivity index (χ0n) is 21.2. The molecule has 5 rings (SSSR count). The molecule has 0 aliphatic carbocycles. The third-order valence-corrected chi connectivity index (χ3v) is 7.69. The average Bonchev–Trinajstić information content (AvgIpc) is 3.30. The minimum absolute atomic E-state index is 0.826. The second kappa shape index (κ2) is 10.8. The van der Waals surface area contributed by atoms with E-state index >= 15 is 0 Å². The summed E-state index contributed by atoms with van der Waals surface area (Å²) in [6.07, 6.45) is 0.